The summed E-state index contributed by atoms with van der Waals surface area (Å²) in [6.45, 7) is 0.401. The number of Topliss-reactive ketones (excluding diaryl/α,β-unsaturated/α-hetero) is 1. The van der Waals surface area contributed by atoms with E-state index in [1.54, 1.807) is 10.9 Å². The van der Waals surface area contributed by atoms with Crippen LogP contribution < -0.4 is 5.32 Å². The summed E-state index contributed by atoms with van der Waals surface area (Å²) in [5.74, 6) is -0.0938. The normalized spacial score (nSPS) is 12.6. The van der Waals surface area contributed by atoms with E-state index in [-0.39, 0.29) is 24.5 Å². The second-order valence-electron chi connectivity index (χ2n) is 7.17. The molecule has 0 saturated heterocycles. The van der Waals surface area contributed by atoms with Crippen molar-refractivity contribution >= 4 is 11.7 Å². The van der Waals surface area contributed by atoms with E-state index < -0.39 is 0 Å². The van der Waals surface area contributed by atoms with Gasteiger partial charge in [0.15, 0.2) is 5.78 Å². The number of benzene rings is 2. The summed E-state index contributed by atoms with van der Waals surface area (Å²) in [7, 11) is 0. The zero-order valence-corrected chi connectivity index (χ0v) is 15.7. The molecule has 0 bridgehead atoms. The Kier molecular flexibility index (Phi) is 5.33. The van der Waals surface area contributed by atoms with E-state index in [4.69, 9.17) is 0 Å². The van der Waals surface area contributed by atoms with E-state index in [2.05, 4.69) is 16.5 Å². The number of aromatic nitrogens is 2. The smallest absolute Gasteiger partial charge is 0.220 e. The van der Waals surface area contributed by atoms with E-state index in [9.17, 15) is 9.59 Å². The lowest BCUT2D eigenvalue weighted by atomic mass is 10.0. The first-order chi connectivity index (χ1) is 13.7. The lowest BCUT2D eigenvalue weighted by Crippen LogP contribution is -2.23. The van der Waals surface area contributed by atoms with Gasteiger partial charge >= 0.3 is 0 Å². The zero-order chi connectivity index (χ0) is 19.3. The highest BCUT2D eigenvalue weighted by Gasteiger charge is 2.15. The second-order valence-corrected chi connectivity index (χ2v) is 7.17. The molecule has 1 amide bonds. The standard InChI is InChI=1S/C23H23N3O2/c27-22(20-10-9-18-5-4-6-19(18)13-20)11-12-23(28)24-14-17-15-25-26(16-17)21-7-2-1-3-8-21/h1-3,7-10,13,15-16H,4-6,11-12,14H2,(H,24,28). The van der Waals surface area contributed by atoms with Crippen LogP contribution in [0.15, 0.2) is 60.9 Å². The van der Waals surface area contributed by atoms with Crippen LogP contribution in [-0.4, -0.2) is 21.5 Å². The number of carbonyl (C=O) groups excluding carboxylic acids is 2. The number of ketones is 1. The molecule has 1 N–H and O–H groups in total. The Labute approximate surface area is 164 Å². The van der Waals surface area contributed by atoms with Crippen LogP contribution in [0.4, 0.5) is 0 Å². The molecule has 4 rings (SSSR count). The number of nitrogens with zero attached hydrogens (tertiary/aromatic N) is 2. The number of rotatable bonds is 7. The van der Waals surface area contributed by atoms with E-state index in [0.717, 1.165) is 36.1 Å². The van der Waals surface area contributed by atoms with Gasteiger partial charge in [0.1, 0.15) is 0 Å². The van der Waals surface area contributed by atoms with Crippen LogP contribution in [0.25, 0.3) is 5.69 Å². The van der Waals surface area contributed by atoms with Crippen LogP contribution in [0.3, 0.4) is 0 Å². The summed E-state index contributed by atoms with van der Waals surface area (Å²) >= 11 is 0. The van der Waals surface area contributed by atoms with Crippen LogP contribution in [0, 0.1) is 0 Å². The van der Waals surface area contributed by atoms with Crippen LogP contribution in [0.2, 0.25) is 0 Å². The first-order valence-corrected chi connectivity index (χ1v) is 9.70. The molecule has 0 saturated carbocycles. The van der Waals surface area contributed by atoms with Crippen molar-refractivity contribution in [3.63, 3.8) is 0 Å². The molecule has 1 aliphatic carbocycles. The molecule has 5 nitrogen and oxygen atoms in total. The molecule has 0 spiro atoms. The number of carbonyl (C=O) groups is 2. The lowest BCUT2D eigenvalue weighted by molar-refractivity contribution is -0.121. The Bertz CT molecular complexity index is 992. The zero-order valence-electron chi connectivity index (χ0n) is 15.7. The number of nitrogens with one attached hydrogen (secondary N) is 1. The molecule has 5 heteroatoms. The molecule has 0 fully saturated rings. The second kappa shape index (κ2) is 8.21. The van der Waals surface area contributed by atoms with Crippen LogP contribution in [0.1, 0.15) is 46.3 Å². The summed E-state index contributed by atoms with van der Waals surface area (Å²) in [6.07, 6.45) is 7.38. The quantitative estimate of drug-likeness (QED) is 0.643. The Hall–Kier alpha value is -3.21. The molecule has 1 aromatic heterocycles. The first-order valence-electron chi connectivity index (χ1n) is 9.70. The number of fused-ring (bicyclic) bond motifs is 1. The summed E-state index contributed by atoms with van der Waals surface area (Å²) in [5, 5.41) is 7.19. The van der Waals surface area contributed by atoms with Gasteiger partial charge < -0.3 is 5.32 Å². The molecule has 0 radical (unpaired) electrons. The van der Waals surface area contributed by atoms with Gasteiger partial charge in [-0.1, -0.05) is 30.3 Å². The van der Waals surface area contributed by atoms with E-state index in [0.29, 0.717) is 6.54 Å². The topological polar surface area (TPSA) is 64.0 Å². The van der Waals surface area contributed by atoms with Gasteiger partial charge in [0, 0.05) is 36.7 Å². The number of hydrogen-bond acceptors (Lipinski definition) is 3. The van der Waals surface area contributed by atoms with Crippen molar-refractivity contribution in [3.05, 3.63) is 83.2 Å². The summed E-state index contributed by atoms with van der Waals surface area (Å²) in [4.78, 5) is 24.5. The van der Waals surface area contributed by atoms with Gasteiger partial charge in [0.2, 0.25) is 5.91 Å². The Morgan fingerprint density at radius 1 is 1.00 bits per heavy atom. The number of para-hydroxylation sites is 1. The average Bonchev–Trinajstić information content (AvgIpc) is 3.40. The highest BCUT2D eigenvalue weighted by atomic mass is 16.2. The van der Waals surface area contributed by atoms with Crippen molar-refractivity contribution in [1.82, 2.24) is 15.1 Å². The molecule has 1 aliphatic rings. The molecule has 1 heterocycles. The largest absolute Gasteiger partial charge is 0.352 e. The summed E-state index contributed by atoms with van der Waals surface area (Å²) < 4.78 is 1.78. The van der Waals surface area contributed by atoms with Gasteiger partial charge in [-0.2, -0.15) is 5.10 Å². The van der Waals surface area contributed by atoms with E-state index >= 15 is 0 Å². The fraction of sp³-hybridized carbons (Fsp3) is 0.261. The maximum absolute atomic E-state index is 12.4. The van der Waals surface area contributed by atoms with Crippen LogP contribution >= 0.6 is 0 Å². The van der Waals surface area contributed by atoms with Crippen molar-refractivity contribution in [2.24, 2.45) is 0 Å². The lowest BCUT2D eigenvalue weighted by Gasteiger charge is -2.05. The highest BCUT2D eigenvalue weighted by molar-refractivity contribution is 5.98. The van der Waals surface area contributed by atoms with E-state index in [1.165, 1.54) is 11.1 Å². The van der Waals surface area contributed by atoms with Crippen LogP contribution in [0.5, 0.6) is 0 Å². The monoisotopic (exact) mass is 373 g/mol. The molecule has 0 unspecified atom stereocenters. The molecule has 142 valence electrons. The third-order valence-corrected chi connectivity index (χ3v) is 5.15. The van der Waals surface area contributed by atoms with Gasteiger partial charge in [-0.25, -0.2) is 4.68 Å². The maximum atomic E-state index is 12.4. The summed E-state index contributed by atoms with van der Waals surface area (Å²) in [6, 6.07) is 15.8. The van der Waals surface area contributed by atoms with Crippen molar-refractivity contribution < 1.29 is 9.59 Å². The number of hydrogen-bond donors (Lipinski definition) is 1. The molecule has 2 aromatic carbocycles. The van der Waals surface area contributed by atoms with Gasteiger partial charge in [0.25, 0.3) is 0 Å². The van der Waals surface area contributed by atoms with Gasteiger partial charge in [-0.05, 0) is 48.6 Å². The van der Waals surface area contributed by atoms with E-state index in [1.807, 2.05) is 48.7 Å². The predicted molar refractivity (Wildman–Crippen MR) is 107 cm³/mol. The molecule has 0 aliphatic heterocycles. The minimum Gasteiger partial charge on any atom is -0.352 e. The highest BCUT2D eigenvalue weighted by Crippen LogP contribution is 2.23. The Morgan fingerprint density at radius 2 is 1.82 bits per heavy atom. The Balaban J connectivity index is 1.26. The molecule has 0 atom stereocenters. The third kappa shape index (κ3) is 4.19. The molecule has 28 heavy (non-hydrogen) atoms. The van der Waals surface area contributed by atoms with Crippen molar-refractivity contribution in [2.45, 2.75) is 38.6 Å². The number of amides is 1. The predicted octanol–water partition coefficient (Wildman–Crippen LogP) is 3.64. The average molecular weight is 373 g/mol. The van der Waals surface area contributed by atoms with Gasteiger partial charge in [0.05, 0.1) is 11.9 Å². The SMILES string of the molecule is O=C(CCC(=O)c1ccc2c(c1)CCC2)NCc1cnn(-c2ccccc2)c1. The molecular formula is C23H23N3O2. The van der Waals surface area contributed by atoms with Crippen molar-refractivity contribution in [2.75, 3.05) is 0 Å². The van der Waals surface area contributed by atoms with Gasteiger partial charge in [-0.15, -0.1) is 0 Å². The summed E-state index contributed by atoms with van der Waals surface area (Å²) in [5.41, 5.74) is 5.25. The van der Waals surface area contributed by atoms with Crippen LogP contribution in [-0.2, 0) is 24.2 Å². The molecule has 3 aromatic rings. The first kappa shape index (κ1) is 18.2. The van der Waals surface area contributed by atoms with Crippen molar-refractivity contribution in [1.29, 1.82) is 0 Å². The van der Waals surface area contributed by atoms with Crippen molar-refractivity contribution in [3.8, 4) is 5.69 Å². The molecular weight excluding hydrogens is 350 g/mol. The Morgan fingerprint density at radius 3 is 2.68 bits per heavy atom. The van der Waals surface area contributed by atoms with Gasteiger partial charge in [-0.3, -0.25) is 9.59 Å². The fourth-order valence-electron chi connectivity index (χ4n) is 3.58. The third-order valence-electron chi connectivity index (χ3n) is 5.15. The minimum absolute atomic E-state index is 0.0294. The number of aryl methyl sites for hydroxylation is 2. The minimum atomic E-state index is -0.123. The fourth-order valence-corrected chi connectivity index (χ4v) is 3.58. The maximum Gasteiger partial charge on any atom is 0.220 e.